The SMILES string of the molecule is CC(C)(C)S(N)=O.Cc1cc(C=NS(=O)C(C)(C)C)cnc1Br.Cc1cc(C=O)cnc1Br.Cc1cc(CN)cnc1-c1ccnn1C.Cc1cc(CNS(=O)C(C)(C)C)cnc1-c1ccnn1C.Cc1cc(CNS(=O)C(C)(C)C)cnc1Br.Clc1nccn2c(Br)cnc12.Cn1nccc1B(O)O. The summed E-state index contributed by atoms with van der Waals surface area (Å²) in [4.78, 5) is 39.3. The van der Waals surface area contributed by atoms with Gasteiger partial charge in [-0.05, 0) is 256 Å². The van der Waals surface area contributed by atoms with Crippen molar-refractivity contribution in [1.82, 2.24) is 78.1 Å². The number of halogens is 5. The molecule has 0 aliphatic carbocycles. The molecule has 0 saturated carbocycles. The van der Waals surface area contributed by atoms with Crippen molar-refractivity contribution in [3.8, 4) is 22.8 Å². The number of imidazole rings is 1. The predicted octanol–water partition coefficient (Wildman–Crippen LogP) is 11.9. The van der Waals surface area contributed by atoms with Crippen LogP contribution in [0, 0.1) is 34.6 Å². The van der Waals surface area contributed by atoms with Crippen LogP contribution in [0.4, 0.5) is 0 Å². The van der Waals surface area contributed by atoms with E-state index in [1.54, 1.807) is 68.8 Å². The van der Waals surface area contributed by atoms with Gasteiger partial charge in [-0.1, -0.05) is 29.8 Å². The largest absolute Gasteiger partial charge is 0.507 e. The summed E-state index contributed by atoms with van der Waals surface area (Å²) in [6.07, 6.45) is 21.2. The molecule has 0 spiro atoms. The minimum Gasteiger partial charge on any atom is -0.422 e. The molecular weight excluding hydrogens is 1700 g/mol. The number of aromatic nitrogens is 14. The minimum absolute atomic E-state index is 0.238. The lowest BCUT2D eigenvalue weighted by molar-refractivity contribution is 0.112. The minimum atomic E-state index is -1.42. The van der Waals surface area contributed by atoms with Gasteiger partial charge in [0.1, 0.15) is 29.4 Å². The Morgan fingerprint density at radius 1 is 0.543 bits per heavy atom. The van der Waals surface area contributed by atoms with Gasteiger partial charge in [-0.2, -0.15) is 19.7 Å². The summed E-state index contributed by atoms with van der Waals surface area (Å²) in [7, 11) is -0.477. The van der Waals surface area contributed by atoms with Gasteiger partial charge < -0.3 is 15.8 Å². The number of carbonyl (C=O) groups is 1. The Morgan fingerprint density at radius 2 is 0.952 bits per heavy atom. The Hall–Kier alpha value is -6.03. The van der Waals surface area contributed by atoms with Gasteiger partial charge in [0.2, 0.25) is 0 Å². The predicted molar refractivity (Wildman–Crippen MR) is 441 cm³/mol. The lowest BCUT2D eigenvalue weighted by Gasteiger charge is -2.18. The highest BCUT2D eigenvalue weighted by atomic mass is 79.9. The van der Waals surface area contributed by atoms with Crippen LogP contribution < -0.4 is 25.9 Å². The molecule has 0 aliphatic heterocycles. The Bertz CT molecular complexity index is 4570. The molecular formula is C69H95BBr4ClN19O7S4. The van der Waals surface area contributed by atoms with Crippen LogP contribution in [0.2, 0.25) is 5.15 Å². The number of hydrogen-bond acceptors (Lipinski definition) is 18. The molecule has 10 heterocycles. The van der Waals surface area contributed by atoms with Crippen molar-refractivity contribution < 1.29 is 31.7 Å². The first-order valence-electron chi connectivity index (χ1n) is 32.1. The first-order valence-corrected chi connectivity index (χ1v) is 40.3. The first-order chi connectivity index (χ1) is 48.8. The van der Waals surface area contributed by atoms with Crippen molar-refractivity contribution in [2.24, 2.45) is 36.4 Å². The fourth-order valence-electron chi connectivity index (χ4n) is 7.72. The van der Waals surface area contributed by atoms with E-state index in [2.05, 4.69) is 140 Å². The topological polar surface area (TPSA) is 362 Å². The van der Waals surface area contributed by atoms with Crippen LogP contribution in [0.5, 0.6) is 0 Å². The van der Waals surface area contributed by atoms with E-state index >= 15 is 0 Å². The molecule has 0 aliphatic rings. The van der Waals surface area contributed by atoms with Crippen molar-refractivity contribution in [3.05, 3.63) is 196 Å². The molecule has 36 heteroatoms. The normalized spacial score (nSPS) is 12.4. The fourth-order valence-corrected chi connectivity index (χ4v) is 11.0. The van der Waals surface area contributed by atoms with E-state index in [9.17, 15) is 21.6 Å². The highest BCUT2D eigenvalue weighted by Crippen LogP contribution is 2.24. The second kappa shape index (κ2) is 43.8. The molecule has 4 atom stereocenters. The lowest BCUT2D eigenvalue weighted by atomic mass is 9.86. The van der Waals surface area contributed by atoms with Gasteiger partial charge in [0.05, 0.1) is 86.5 Å². The second-order valence-corrected chi connectivity index (χ2v) is 38.2. The number of hydrogen-bond donors (Lipinski definition) is 6. The van der Waals surface area contributed by atoms with E-state index in [1.165, 1.54) is 17.1 Å². The van der Waals surface area contributed by atoms with Crippen LogP contribution in [0.15, 0.2) is 140 Å². The van der Waals surface area contributed by atoms with E-state index in [1.807, 2.05) is 182 Å². The maximum atomic E-state index is 12.0. The molecule has 10 aromatic heterocycles. The molecule has 0 aromatic carbocycles. The number of rotatable bonds is 13. The summed E-state index contributed by atoms with van der Waals surface area (Å²) in [5, 5.41) is 34.7. The summed E-state index contributed by atoms with van der Waals surface area (Å²) < 4.78 is 65.0. The first kappa shape index (κ1) is 93.2. The monoisotopic (exact) mass is 1790 g/mol. The highest BCUT2D eigenvalue weighted by Gasteiger charge is 2.22. The molecule has 0 bridgehead atoms. The Labute approximate surface area is 665 Å². The van der Waals surface area contributed by atoms with Crippen LogP contribution >= 0.6 is 75.3 Å². The van der Waals surface area contributed by atoms with E-state index in [0.717, 1.165) is 97.5 Å². The molecule has 0 fully saturated rings. The Morgan fingerprint density at radius 3 is 1.31 bits per heavy atom. The zero-order chi connectivity index (χ0) is 79.5. The molecule has 0 amide bonds. The Kier molecular flexibility index (Phi) is 38.9. The molecule has 10 aromatic rings. The third kappa shape index (κ3) is 32.4. The van der Waals surface area contributed by atoms with Gasteiger partial charge in [-0.25, -0.2) is 51.2 Å². The highest BCUT2D eigenvalue weighted by molar-refractivity contribution is 9.11. The number of nitrogens with zero attached hydrogens (tertiary/aromatic N) is 15. The molecule has 4 unspecified atom stereocenters. The second-order valence-electron chi connectivity index (χ2n) is 26.9. The van der Waals surface area contributed by atoms with Crippen molar-refractivity contribution in [2.75, 3.05) is 0 Å². The van der Waals surface area contributed by atoms with Crippen molar-refractivity contribution >= 4 is 150 Å². The van der Waals surface area contributed by atoms with Crippen LogP contribution in [0.25, 0.3) is 28.4 Å². The van der Waals surface area contributed by atoms with E-state index < -0.39 is 51.1 Å². The van der Waals surface area contributed by atoms with E-state index in [4.69, 9.17) is 32.5 Å². The maximum Gasteiger partial charge on any atom is 0.507 e. The molecule has 10 rings (SSSR count). The number of fused-ring (bicyclic) bond motifs is 1. The number of carbonyl (C=O) groups excluding carboxylic acids is 1. The average molecular weight is 1800 g/mol. The van der Waals surface area contributed by atoms with Crippen molar-refractivity contribution in [1.29, 1.82) is 0 Å². The average Bonchev–Trinajstić information content (AvgIpc) is 1.80. The van der Waals surface area contributed by atoms with Crippen molar-refractivity contribution in [3.63, 3.8) is 0 Å². The van der Waals surface area contributed by atoms with Gasteiger partial charge in [0.25, 0.3) is 0 Å². The molecule has 105 heavy (non-hydrogen) atoms. The van der Waals surface area contributed by atoms with Crippen LogP contribution in [0.3, 0.4) is 0 Å². The van der Waals surface area contributed by atoms with Crippen molar-refractivity contribution in [2.45, 2.75) is 156 Å². The molecule has 570 valence electrons. The standard InChI is InChI=1S/C15H22N4OS.C11H17BrN2OS.C11H15BrN2OS.C11H14N4.C7H6BrNO.C6H3BrClN3.C4H7BN2O2.C4H11NOS/c1-11-8-12(10-18-21(20)15(2,3)4)9-16-14(11)13-6-7-17-19(13)5;2*1-8-5-9(6-13-10(8)12)7-14-16(15)11(2,3)4;1-8-5-9(6-12)7-13-11(8)10-3-4-14-15(10)2;1-5-2-6(4-10)3-9-7(5)8;7-4-3-10-6-5(8)9-1-2-11(4)6;1-7-4(5(8)9)2-3-6-7;1-4(2,3)7(5)6/h6-9,18H,10H2,1-5H3;5-6,14H,7H2,1-4H3;5-7H,1-4H3;3-5,7H,6,12H2,1-2H3;2-4H,1H3;1-3H;2-3,8-9H,1H3;5H2,1-3H3. The summed E-state index contributed by atoms with van der Waals surface area (Å²) in [5.41, 5.74) is 20.4. The zero-order valence-electron chi connectivity index (χ0n) is 62.6. The van der Waals surface area contributed by atoms with Gasteiger partial charge >= 0.3 is 7.12 Å². The maximum absolute atomic E-state index is 12.0. The summed E-state index contributed by atoms with van der Waals surface area (Å²) >= 11 is 19.0. The smallest absolute Gasteiger partial charge is 0.422 e. The third-order valence-electron chi connectivity index (χ3n) is 13.7. The number of aldehydes is 1. The number of aryl methyl sites for hydroxylation is 8. The number of pyridine rings is 5. The molecule has 26 nitrogen and oxygen atoms in total. The van der Waals surface area contributed by atoms with E-state index in [-0.39, 0.29) is 19.0 Å². The van der Waals surface area contributed by atoms with Crippen LogP contribution in [-0.2, 0) is 84.7 Å². The number of nitrogens with two attached hydrogens (primary N) is 2. The summed E-state index contributed by atoms with van der Waals surface area (Å²) in [6, 6.07) is 15.3. The third-order valence-corrected chi connectivity index (χ3v) is 22.7. The fraction of sp³-hybridized carbons (Fsp3) is 0.391. The molecule has 0 radical (unpaired) electrons. The zero-order valence-corrected chi connectivity index (χ0v) is 73.0. The Balaban J connectivity index is 0.000000318. The van der Waals surface area contributed by atoms with E-state index in [0.29, 0.717) is 41.6 Å². The summed E-state index contributed by atoms with van der Waals surface area (Å²) in [5.74, 6) is 0. The number of nitrogens with one attached hydrogen (secondary N) is 2. The van der Waals surface area contributed by atoms with Gasteiger partial charge in [-0.3, -0.25) is 38.3 Å². The van der Waals surface area contributed by atoms with Gasteiger partial charge in [0, 0.05) is 120 Å². The summed E-state index contributed by atoms with van der Waals surface area (Å²) in [6.45, 7) is 34.4. The van der Waals surface area contributed by atoms with Gasteiger partial charge in [-0.15, -0.1) is 0 Å². The molecule has 8 N–H and O–H groups in total. The molecule has 0 saturated heterocycles. The van der Waals surface area contributed by atoms with Crippen LogP contribution in [0.1, 0.15) is 144 Å². The van der Waals surface area contributed by atoms with Crippen LogP contribution in [-0.4, -0.2) is 134 Å². The quantitative estimate of drug-likeness (QED) is 0.0270. The van der Waals surface area contributed by atoms with Gasteiger partial charge in [0.15, 0.2) is 17.1 Å². The lowest BCUT2D eigenvalue weighted by Crippen LogP contribution is -2.35.